The van der Waals surface area contributed by atoms with Crippen LogP contribution in [0.3, 0.4) is 0 Å². The van der Waals surface area contributed by atoms with E-state index in [2.05, 4.69) is 168 Å². The molecule has 8 aliphatic rings. The Hall–Kier alpha value is -0.480. The fourth-order valence-corrected chi connectivity index (χ4v) is 13.9. The van der Waals surface area contributed by atoms with Crippen molar-refractivity contribution in [2.75, 3.05) is 217 Å². The van der Waals surface area contributed by atoms with Gasteiger partial charge in [0.15, 0.2) is 0 Å². The first-order valence-electron chi connectivity index (χ1n) is 32.3. The average molecular weight is 1050 g/mol. The van der Waals surface area contributed by atoms with Crippen LogP contribution < -0.4 is 0 Å². The summed E-state index contributed by atoms with van der Waals surface area (Å²) in [4.78, 5) is 15.6. The molecule has 440 valence electrons. The van der Waals surface area contributed by atoms with Crippen LogP contribution in [-0.4, -0.2) is 291 Å². The lowest BCUT2D eigenvalue weighted by Gasteiger charge is -2.37. The number of rotatable bonds is 15. The second-order valence-corrected chi connectivity index (χ2v) is 27.8. The number of likely N-dealkylation sites (N-methyl/N-ethyl adjacent to an activating group) is 6. The molecule has 12 heteroatoms. The summed E-state index contributed by atoms with van der Waals surface area (Å²) in [6.45, 7) is 86.5. The number of quaternary nitrogens is 6. The third-order valence-electron chi connectivity index (χ3n) is 21.6. The molecular formula is C62H138N12+6. The third-order valence-corrected chi connectivity index (χ3v) is 21.6. The molecule has 12 nitrogen and oxygen atoms in total. The molecule has 2 spiro atoms. The van der Waals surface area contributed by atoms with Crippen molar-refractivity contribution in [3.8, 4) is 0 Å². The van der Waals surface area contributed by atoms with Gasteiger partial charge >= 0.3 is 0 Å². The Morgan fingerprint density at radius 3 is 1.16 bits per heavy atom. The predicted octanol–water partition coefficient (Wildman–Crippen LogP) is 9.30. The number of hydrogen-bond acceptors (Lipinski definition) is 6. The lowest BCUT2D eigenvalue weighted by Crippen LogP contribution is -2.50. The zero-order valence-electron chi connectivity index (χ0n) is 54.4. The lowest BCUT2D eigenvalue weighted by molar-refractivity contribution is -0.917. The molecule has 8 rings (SSSR count). The Labute approximate surface area is 464 Å². The highest BCUT2D eigenvalue weighted by Crippen LogP contribution is 2.28. The molecule has 0 radical (unpaired) electrons. The maximum Gasteiger partial charge on any atom is 0.135 e. The first-order valence-corrected chi connectivity index (χ1v) is 32.3. The molecule has 1 unspecified atom stereocenters. The summed E-state index contributed by atoms with van der Waals surface area (Å²) in [5, 5.41) is 0. The maximum atomic E-state index is 2.67. The van der Waals surface area contributed by atoms with Gasteiger partial charge in [0, 0.05) is 55.9 Å². The average Bonchev–Trinajstić information content (AvgIpc) is 4.27. The van der Waals surface area contributed by atoms with Crippen molar-refractivity contribution in [3.05, 3.63) is 0 Å². The van der Waals surface area contributed by atoms with Crippen LogP contribution in [0.1, 0.15) is 170 Å². The molecule has 0 aromatic heterocycles. The van der Waals surface area contributed by atoms with Crippen LogP contribution >= 0.6 is 0 Å². The van der Waals surface area contributed by atoms with Crippen molar-refractivity contribution in [2.45, 2.75) is 187 Å². The van der Waals surface area contributed by atoms with E-state index < -0.39 is 0 Å². The molecule has 8 fully saturated rings. The van der Waals surface area contributed by atoms with E-state index >= 15 is 0 Å². The molecule has 0 aromatic carbocycles. The van der Waals surface area contributed by atoms with E-state index in [9.17, 15) is 0 Å². The van der Waals surface area contributed by atoms with Crippen molar-refractivity contribution in [1.82, 2.24) is 29.4 Å². The Morgan fingerprint density at radius 2 is 0.811 bits per heavy atom. The molecule has 74 heavy (non-hydrogen) atoms. The topological polar surface area (TPSA) is 19.4 Å². The van der Waals surface area contributed by atoms with E-state index in [0.29, 0.717) is 11.1 Å². The standard InChI is InChI=1S/C12H27N2.3C11H25N2.C9H19N2.C8H17N2/c1-6-12(4,5)13-9-10-14(7-2,8-3)11-13;1-6-13(7-2)9-8-12(10-13)11(3,4)5;1-5-13(6-2)8-7-12(10-13)9-11(3)4;1-5-11(4)12-8-9-13(6-2,7-3)10-12;1-2-10-5-8-11(9-10)6-3-4-7-11;1-9-4-7-10(8-9)5-2-3-6-10/h6-11H2,1-5H3;6-10H2,1-5H3;2*11H,5-10H2,1-4H3;2-9H2,1H3;2-8H2,1H3/q6*+1. The molecule has 8 aliphatic heterocycles. The SMILES string of the molecule is CCC(C)(C)N1CC[N+](CC)(CC)C1.CCC(C)N1CC[N+](CC)(CC)C1.CCN1CC[N+]2(CCCC2)C1.CC[N+]1(CC)CCN(C(C)(C)C)C1.CC[N+]1(CC)CCN(CC(C)C)C1.CN1CC[N+]2(CCCC2)C1. The molecule has 0 bridgehead atoms. The Balaban J connectivity index is 0.000000235. The van der Waals surface area contributed by atoms with E-state index in [4.69, 9.17) is 0 Å². The lowest BCUT2D eigenvalue weighted by atomic mass is 10.0. The highest BCUT2D eigenvalue weighted by atomic mass is 15.5. The quantitative estimate of drug-likeness (QED) is 0.152. The Morgan fingerprint density at radius 1 is 0.405 bits per heavy atom. The first-order chi connectivity index (χ1) is 34.9. The number of hydrogen-bond donors (Lipinski definition) is 0. The predicted molar refractivity (Wildman–Crippen MR) is 323 cm³/mol. The zero-order valence-corrected chi connectivity index (χ0v) is 54.4. The van der Waals surface area contributed by atoms with E-state index in [1.54, 1.807) is 0 Å². The zero-order chi connectivity index (χ0) is 55.5. The van der Waals surface area contributed by atoms with Crippen LogP contribution in [0.25, 0.3) is 0 Å². The highest BCUT2D eigenvalue weighted by Gasteiger charge is 2.42. The van der Waals surface area contributed by atoms with Crippen LogP contribution in [0.4, 0.5) is 0 Å². The molecule has 0 saturated carbocycles. The maximum absolute atomic E-state index is 2.67. The van der Waals surface area contributed by atoms with Crippen LogP contribution in [-0.2, 0) is 0 Å². The summed E-state index contributed by atoms with van der Waals surface area (Å²) >= 11 is 0. The van der Waals surface area contributed by atoms with E-state index in [0.717, 1.165) is 12.0 Å². The van der Waals surface area contributed by atoms with Crippen LogP contribution in [0.2, 0.25) is 0 Å². The van der Waals surface area contributed by atoms with Crippen molar-refractivity contribution in [1.29, 1.82) is 0 Å². The minimum atomic E-state index is 0.352. The van der Waals surface area contributed by atoms with Gasteiger partial charge in [-0.15, -0.1) is 0 Å². The molecule has 8 saturated heterocycles. The molecular weight excluding hydrogens is 913 g/mol. The van der Waals surface area contributed by atoms with Crippen molar-refractivity contribution in [2.24, 2.45) is 5.92 Å². The van der Waals surface area contributed by atoms with Crippen LogP contribution in [0, 0.1) is 5.92 Å². The smallest absolute Gasteiger partial charge is 0.135 e. The second-order valence-electron chi connectivity index (χ2n) is 27.8. The van der Waals surface area contributed by atoms with Gasteiger partial charge in [-0.05, 0) is 123 Å². The fourth-order valence-electron chi connectivity index (χ4n) is 13.9. The van der Waals surface area contributed by atoms with Gasteiger partial charge in [0.25, 0.3) is 0 Å². The van der Waals surface area contributed by atoms with E-state index in [1.165, 1.54) is 276 Å². The summed E-state index contributed by atoms with van der Waals surface area (Å²) in [6.07, 6.45) is 8.41. The van der Waals surface area contributed by atoms with Gasteiger partial charge in [-0.25, -0.2) is 14.7 Å². The summed E-state index contributed by atoms with van der Waals surface area (Å²) in [7, 11) is 2.24. The Kier molecular flexibility index (Phi) is 28.3. The summed E-state index contributed by atoms with van der Waals surface area (Å²) in [6, 6.07) is 0.776. The van der Waals surface area contributed by atoms with Gasteiger partial charge in [0.2, 0.25) is 0 Å². The molecule has 0 amide bonds. The Bertz CT molecular complexity index is 1480. The van der Waals surface area contributed by atoms with Gasteiger partial charge in [-0.1, -0.05) is 34.6 Å². The van der Waals surface area contributed by atoms with Gasteiger partial charge < -0.3 is 26.9 Å². The summed E-state index contributed by atoms with van der Waals surface area (Å²) in [5.74, 6) is 0.814. The van der Waals surface area contributed by atoms with Gasteiger partial charge in [0.1, 0.15) is 40.0 Å². The van der Waals surface area contributed by atoms with Gasteiger partial charge in [0.05, 0.1) is 157 Å². The number of nitrogens with zero attached hydrogens (tertiary/aromatic N) is 12. The molecule has 8 heterocycles. The third kappa shape index (κ3) is 19.7. The van der Waals surface area contributed by atoms with Crippen molar-refractivity contribution < 1.29 is 26.9 Å². The summed E-state index contributed by atoms with van der Waals surface area (Å²) < 4.78 is 8.04. The van der Waals surface area contributed by atoms with Crippen molar-refractivity contribution >= 4 is 0 Å². The van der Waals surface area contributed by atoms with Crippen LogP contribution in [0.15, 0.2) is 0 Å². The molecule has 0 aromatic rings. The van der Waals surface area contributed by atoms with Gasteiger partial charge in [-0.3, -0.25) is 14.7 Å². The fraction of sp³-hybridized carbons (Fsp3) is 1.00. The second kappa shape index (κ2) is 30.9. The molecule has 0 N–H and O–H groups in total. The van der Waals surface area contributed by atoms with Crippen molar-refractivity contribution in [3.63, 3.8) is 0 Å². The van der Waals surface area contributed by atoms with Crippen LogP contribution in [0.5, 0.6) is 0 Å². The normalized spacial score (nSPS) is 25.7. The first kappa shape index (κ1) is 67.8. The van der Waals surface area contributed by atoms with E-state index in [1.807, 2.05) is 0 Å². The monoisotopic (exact) mass is 1050 g/mol. The minimum absolute atomic E-state index is 0.352. The molecule has 0 aliphatic carbocycles. The van der Waals surface area contributed by atoms with Gasteiger partial charge in [-0.2, -0.15) is 0 Å². The molecule has 1 atom stereocenters. The summed E-state index contributed by atoms with van der Waals surface area (Å²) in [5.41, 5.74) is 0.745. The largest absolute Gasteiger partial charge is 0.310 e. The highest BCUT2D eigenvalue weighted by molar-refractivity contribution is 4.81. The van der Waals surface area contributed by atoms with E-state index in [-0.39, 0.29) is 0 Å². The minimum Gasteiger partial charge on any atom is -0.310 e.